The molecular weight excluding hydrogens is 340 g/mol. The summed E-state index contributed by atoms with van der Waals surface area (Å²) in [7, 11) is 0. The zero-order chi connectivity index (χ0) is 20.1. The quantitative estimate of drug-likeness (QED) is 0.397. The van der Waals surface area contributed by atoms with Crippen LogP contribution >= 0.6 is 0 Å². The van der Waals surface area contributed by atoms with E-state index in [2.05, 4.69) is 101 Å². The predicted molar refractivity (Wildman–Crippen MR) is 122 cm³/mol. The summed E-state index contributed by atoms with van der Waals surface area (Å²) in [6.07, 6.45) is 6.47. The minimum Gasteiger partial charge on any atom is -0.278 e. The van der Waals surface area contributed by atoms with Crippen molar-refractivity contribution in [2.45, 2.75) is 59.3 Å². The van der Waals surface area contributed by atoms with Gasteiger partial charge in [-0.1, -0.05) is 99.5 Å². The molecule has 0 saturated carbocycles. The zero-order valence-electron chi connectivity index (χ0n) is 17.8. The van der Waals surface area contributed by atoms with Crippen LogP contribution in [0.3, 0.4) is 0 Å². The van der Waals surface area contributed by atoms with Gasteiger partial charge in [-0.15, -0.1) is 0 Å². The van der Waals surface area contributed by atoms with Crippen molar-refractivity contribution in [2.75, 3.05) is 5.43 Å². The summed E-state index contributed by atoms with van der Waals surface area (Å²) >= 11 is 0. The summed E-state index contributed by atoms with van der Waals surface area (Å²) in [5.41, 5.74) is 12.3. The molecule has 2 heteroatoms. The fourth-order valence-electron chi connectivity index (χ4n) is 3.71. The number of allylic oxidation sites excluding steroid dienone is 4. The smallest absolute Gasteiger partial charge is 0.0720 e. The van der Waals surface area contributed by atoms with Crippen LogP contribution in [-0.4, -0.2) is 5.71 Å². The van der Waals surface area contributed by atoms with Crippen LogP contribution in [0.15, 0.2) is 76.9 Å². The van der Waals surface area contributed by atoms with Crippen molar-refractivity contribution in [1.29, 1.82) is 0 Å². The third-order valence-electron chi connectivity index (χ3n) is 5.30. The largest absolute Gasteiger partial charge is 0.278 e. The van der Waals surface area contributed by atoms with Gasteiger partial charge in [0.2, 0.25) is 0 Å². The fourth-order valence-corrected chi connectivity index (χ4v) is 3.71. The molecule has 0 atom stereocenters. The minimum atomic E-state index is 0.445. The Morgan fingerprint density at radius 3 is 2.11 bits per heavy atom. The first-order valence-electron chi connectivity index (χ1n) is 10.3. The van der Waals surface area contributed by atoms with Crippen molar-refractivity contribution < 1.29 is 0 Å². The van der Waals surface area contributed by atoms with Crippen LogP contribution < -0.4 is 5.43 Å². The highest BCUT2D eigenvalue weighted by Gasteiger charge is 2.15. The molecule has 0 heterocycles. The van der Waals surface area contributed by atoms with E-state index in [-0.39, 0.29) is 0 Å². The Balaban J connectivity index is 1.97. The van der Waals surface area contributed by atoms with Crippen LogP contribution in [0.2, 0.25) is 0 Å². The lowest BCUT2D eigenvalue weighted by Gasteiger charge is -2.19. The van der Waals surface area contributed by atoms with Gasteiger partial charge < -0.3 is 0 Å². The van der Waals surface area contributed by atoms with Crippen LogP contribution in [0.1, 0.15) is 76.0 Å². The van der Waals surface area contributed by atoms with E-state index >= 15 is 0 Å². The first-order chi connectivity index (χ1) is 13.5. The van der Waals surface area contributed by atoms with Crippen molar-refractivity contribution in [1.82, 2.24) is 0 Å². The number of rotatable bonds is 7. The van der Waals surface area contributed by atoms with E-state index in [1.54, 1.807) is 0 Å². The van der Waals surface area contributed by atoms with Gasteiger partial charge >= 0.3 is 0 Å². The molecule has 1 N–H and O–H groups in total. The van der Waals surface area contributed by atoms with Gasteiger partial charge in [0.05, 0.1) is 11.4 Å². The summed E-state index contributed by atoms with van der Waals surface area (Å²) in [6.45, 7) is 11.1. The average molecular weight is 373 g/mol. The molecule has 1 aliphatic carbocycles. The average Bonchev–Trinajstić information content (AvgIpc) is 3.10. The van der Waals surface area contributed by atoms with Gasteiger partial charge in [-0.3, -0.25) is 5.43 Å². The first-order valence-corrected chi connectivity index (χ1v) is 10.3. The summed E-state index contributed by atoms with van der Waals surface area (Å²) in [6, 6.07) is 17.1. The lowest BCUT2D eigenvalue weighted by Crippen LogP contribution is -2.09. The van der Waals surface area contributed by atoms with Crippen LogP contribution in [0.5, 0.6) is 0 Å². The van der Waals surface area contributed by atoms with E-state index in [0.717, 1.165) is 24.2 Å². The van der Waals surface area contributed by atoms with Crippen molar-refractivity contribution in [3.63, 3.8) is 0 Å². The van der Waals surface area contributed by atoms with Crippen molar-refractivity contribution >= 4 is 11.4 Å². The summed E-state index contributed by atoms with van der Waals surface area (Å²) in [5.74, 6) is 0.891. The maximum Gasteiger partial charge on any atom is 0.0720 e. The van der Waals surface area contributed by atoms with Crippen LogP contribution in [0.4, 0.5) is 5.69 Å². The monoisotopic (exact) mass is 372 g/mol. The first kappa shape index (κ1) is 20.1. The van der Waals surface area contributed by atoms with Gasteiger partial charge in [-0.2, -0.15) is 5.10 Å². The van der Waals surface area contributed by atoms with Gasteiger partial charge in [0, 0.05) is 6.42 Å². The molecule has 0 fully saturated rings. The molecule has 0 bridgehead atoms. The van der Waals surface area contributed by atoms with E-state index < -0.39 is 0 Å². The lowest BCUT2D eigenvalue weighted by molar-refractivity contribution is 0.835. The van der Waals surface area contributed by atoms with Gasteiger partial charge in [0.15, 0.2) is 0 Å². The molecule has 1 aliphatic rings. The van der Waals surface area contributed by atoms with E-state index in [1.807, 2.05) is 0 Å². The van der Waals surface area contributed by atoms with Gasteiger partial charge in [0.1, 0.15) is 0 Å². The Labute approximate surface area is 170 Å². The lowest BCUT2D eigenvalue weighted by atomic mass is 9.93. The number of benzene rings is 2. The highest BCUT2D eigenvalue weighted by Crippen LogP contribution is 2.32. The van der Waals surface area contributed by atoms with Crippen molar-refractivity contribution in [3.05, 3.63) is 88.5 Å². The SMILES string of the molecule is CC1=CCC(CC(=NNc2c(C(C)C)cccc2C(C)C)c2ccccc2)=C1. The second-order valence-electron chi connectivity index (χ2n) is 8.29. The normalized spacial score (nSPS) is 14.5. The van der Waals surface area contributed by atoms with E-state index in [9.17, 15) is 0 Å². The maximum absolute atomic E-state index is 4.94. The maximum atomic E-state index is 4.94. The molecule has 3 rings (SSSR count). The van der Waals surface area contributed by atoms with Crippen molar-refractivity contribution in [3.8, 4) is 0 Å². The molecule has 2 aromatic carbocycles. The zero-order valence-corrected chi connectivity index (χ0v) is 17.8. The van der Waals surface area contributed by atoms with Crippen LogP contribution in [0, 0.1) is 0 Å². The van der Waals surface area contributed by atoms with Crippen LogP contribution in [-0.2, 0) is 0 Å². The molecule has 0 aliphatic heterocycles. The summed E-state index contributed by atoms with van der Waals surface area (Å²) in [4.78, 5) is 0. The second kappa shape index (κ2) is 9.05. The third kappa shape index (κ3) is 4.81. The number of nitrogens with one attached hydrogen (secondary N) is 1. The minimum absolute atomic E-state index is 0.445. The highest BCUT2D eigenvalue weighted by atomic mass is 15.3. The number of para-hydroxylation sites is 1. The van der Waals surface area contributed by atoms with Gasteiger partial charge in [-0.25, -0.2) is 0 Å². The molecule has 2 nitrogen and oxygen atoms in total. The number of hydrogen-bond donors (Lipinski definition) is 1. The topological polar surface area (TPSA) is 24.4 Å². The standard InChI is InChI=1S/C26H32N2/c1-18(2)23-12-9-13-24(19(3)4)26(23)28-27-25(22-10-7-6-8-11-22)17-21-15-14-20(5)16-21/h6-14,16,18-19,28H,15,17H2,1-5H3. The number of hydrogen-bond acceptors (Lipinski definition) is 2. The molecule has 2 aromatic rings. The van der Waals surface area contributed by atoms with Crippen molar-refractivity contribution in [2.24, 2.45) is 5.10 Å². The van der Waals surface area contributed by atoms with E-state index in [1.165, 1.54) is 27.8 Å². The Kier molecular flexibility index (Phi) is 6.51. The molecule has 0 aromatic heterocycles. The number of nitrogens with zero attached hydrogens (tertiary/aromatic N) is 1. The Hall–Kier alpha value is -2.61. The molecule has 0 spiro atoms. The van der Waals surface area contributed by atoms with Gasteiger partial charge in [-0.05, 0) is 41.9 Å². The Morgan fingerprint density at radius 1 is 0.929 bits per heavy atom. The van der Waals surface area contributed by atoms with E-state index in [0.29, 0.717) is 11.8 Å². The number of hydrazone groups is 1. The number of anilines is 1. The molecule has 0 radical (unpaired) electrons. The van der Waals surface area contributed by atoms with E-state index in [4.69, 9.17) is 5.10 Å². The Bertz CT molecular complexity index is 873. The van der Waals surface area contributed by atoms with Crippen LogP contribution in [0.25, 0.3) is 0 Å². The molecule has 0 saturated heterocycles. The Morgan fingerprint density at radius 2 is 1.57 bits per heavy atom. The molecular formula is C26H32N2. The third-order valence-corrected chi connectivity index (χ3v) is 5.30. The molecule has 0 unspecified atom stereocenters. The summed E-state index contributed by atoms with van der Waals surface area (Å²) in [5, 5.41) is 4.94. The highest BCUT2D eigenvalue weighted by molar-refractivity contribution is 6.02. The molecule has 28 heavy (non-hydrogen) atoms. The summed E-state index contributed by atoms with van der Waals surface area (Å²) < 4.78 is 0. The fraction of sp³-hybridized carbons (Fsp3) is 0.346. The molecule has 146 valence electrons. The van der Waals surface area contributed by atoms with Gasteiger partial charge in [0.25, 0.3) is 0 Å². The molecule has 0 amide bonds. The second-order valence-corrected chi connectivity index (χ2v) is 8.29. The predicted octanol–water partition coefficient (Wildman–Crippen LogP) is 7.42.